The third kappa shape index (κ3) is 3.90. The van der Waals surface area contributed by atoms with Crippen molar-refractivity contribution < 1.29 is 4.79 Å². The lowest BCUT2D eigenvalue weighted by atomic mass is 10.2. The summed E-state index contributed by atoms with van der Waals surface area (Å²) in [7, 11) is 0. The summed E-state index contributed by atoms with van der Waals surface area (Å²) in [5.41, 5.74) is 0. The molecule has 102 valence electrons. The van der Waals surface area contributed by atoms with Crippen molar-refractivity contribution in [2.24, 2.45) is 16.8 Å². The summed E-state index contributed by atoms with van der Waals surface area (Å²) in [6, 6.07) is -0.201. The van der Waals surface area contributed by atoms with E-state index in [0.29, 0.717) is 11.2 Å². The van der Waals surface area contributed by atoms with Crippen LogP contribution in [0.25, 0.3) is 0 Å². The highest BCUT2D eigenvalue weighted by molar-refractivity contribution is 8.14. The van der Waals surface area contributed by atoms with Gasteiger partial charge in [0.05, 0.1) is 6.54 Å². The predicted octanol–water partition coefficient (Wildman–Crippen LogP) is 1.62. The number of thioether (sulfide) groups is 1. The van der Waals surface area contributed by atoms with E-state index in [1.54, 1.807) is 0 Å². The van der Waals surface area contributed by atoms with Gasteiger partial charge in [-0.25, -0.2) is 0 Å². The molecule has 1 aliphatic carbocycles. The van der Waals surface area contributed by atoms with Crippen molar-refractivity contribution in [3.63, 3.8) is 0 Å². The summed E-state index contributed by atoms with van der Waals surface area (Å²) in [6.07, 6.45) is 2.70. The number of nitrogens with one attached hydrogen (secondary N) is 2. The molecular formula is C13H23N3OS. The third-order valence-corrected chi connectivity index (χ3v) is 4.55. The summed E-state index contributed by atoms with van der Waals surface area (Å²) < 4.78 is 0. The summed E-state index contributed by atoms with van der Waals surface area (Å²) in [6.45, 7) is 7.72. The van der Waals surface area contributed by atoms with Crippen molar-refractivity contribution in [1.82, 2.24) is 10.6 Å². The maximum absolute atomic E-state index is 11.8. The molecule has 0 aromatic heterocycles. The van der Waals surface area contributed by atoms with Gasteiger partial charge in [0.2, 0.25) is 5.91 Å². The van der Waals surface area contributed by atoms with Crippen molar-refractivity contribution in [1.29, 1.82) is 0 Å². The van der Waals surface area contributed by atoms with Crippen LogP contribution in [-0.4, -0.2) is 35.5 Å². The number of amides is 1. The highest BCUT2D eigenvalue weighted by Gasteiger charge is 2.35. The molecule has 2 atom stereocenters. The molecule has 5 heteroatoms. The number of carbonyl (C=O) groups is 1. The zero-order valence-corrected chi connectivity index (χ0v) is 12.2. The minimum absolute atomic E-state index is 0.0573. The molecule has 1 saturated carbocycles. The molecule has 2 aliphatic rings. The van der Waals surface area contributed by atoms with Gasteiger partial charge in [-0.15, -0.1) is 0 Å². The van der Waals surface area contributed by atoms with E-state index in [1.165, 1.54) is 12.8 Å². The topological polar surface area (TPSA) is 53.5 Å². The van der Waals surface area contributed by atoms with Gasteiger partial charge in [-0.05, 0) is 31.6 Å². The summed E-state index contributed by atoms with van der Waals surface area (Å²) in [4.78, 5) is 16.3. The quantitative estimate of drug-likeness (QED) is 0.797. The van der Waals surface area contributed by atoms with Crippen molar-refractivity contribution in [3.8, 4) is 0 Å². The summed E-state index contributed by atoms with van der Waals surface area (Å²) in [5, 5.41) is 7.75. The van der Waals surface area contributed by atoms with Gasteiger partial charge in [0.25, 0.3) is 0 Å². The van der Waals surface area contributed by atoms with E-state index in [1.807, 2.05) is 18.7 Å². The van der Waals surface area contributed by atoms with Crippen LogP contribution in [0.5, 0.6) is 0 Å². The second kappa shape index (κ2) is 5.95. The first-order chi connectivity index (χ1) is 8.56. The Bertz CT molecular complexity index is 339. The fourth-order valence-electron chi connectivity index (χ4n) is 1.89. The fraction of sp³-hybridized carbons (Fsp3) is 0.846. The Morgan fingerprint density at radius 1 is 1.44 bits per heavy atom. The average molecular weight is 269 g/mol. The Kier molecular flexibility index (Phi) is 4.54. The van der Waals surface area contributed by atoms with Crippen LogP contribution < -0.4 is 10.6 Å². The van der Waals surface area contributed by atoms with Gasteiger partial charge in [0.15, 0.2) is 5.17 Å². The Balaban J connectivity index is 1.70. The molecule has 2 rings (SSSR count). The normalized spacial score (nSPS) is 24.9. The molecule has 0 radical (unpaired) electrons. The summed E-state index contributed by atoms with van der Waals surface area (Å²) in [5.74, 6) is 1.41. The predicted molar refractivity (Wildman–Crippen MR) is 76.9 cm³/mol. The lowest BCUT2D eigenvalue weighted by Gasteiger charge is -2.16. The molecule has 0 aromatic carbocycles. The molecule has 4 nitrogen and oxygen atoms in total. The zero-order valence-electron chi connectivity index (χ0n) is 11.4. The van der Waals surface area contributed by atoms with Crippen molar-refractivity contribution in [2.75, 3.05) is 13.1 Å². The van der Waals surface area contributed by atoms with Crippen molar-refractivity contribution in [2.45, 2.75) is 44.9 Å². The molecular weight excluding hydrogens is 246 g/mol. The number of hydrogen-bond acceptors (Lipinski definition) is 4. The molecule has 0 bridgehead atoms. The SMILES string of the molecule is CC(C)CNC(=O)C(C)NC1=NCC(C2CC2)S1. The minimum Gasteiger partial charge on any atom is -0.354 e. The van der Waals surface area contributed by atoms with Crippen LogP contribution >= 0.6 is 11.8 Å². The van der Waals surface area contributed by atoms with E-state index in [-0.39, 0.29) is 11.9 Å². The Morgan fingerprint density at radius 3 is 2.78 bits per heavy atom. The Labute approximate surface area is 113 Å². The monoisotopic (exact) mass is 269 g/mol. The maximum atomic E-state index is 11.8. The van der Waals surface area contributed by atoms with Gasteiger partial charge in [-0.2, -0.15) is 0 Å². The highest BCUT2D eigenvalue weighted by Crippen LogP contribution is 2.41. The zero-order chi connectivity index (χ0) is 13.1. The van der Waals surface area contributed by atoms with E-state index in [4.69, 9.17) is 0 Å². The molecule has 1 fully saturated rings. The van der Waals surface area contributed by atoms with Gasteiger partial charge in [-0.1, -0.05) is 25.6 Å². The maximum Gasteiger partial charge on any atom is 0.242 e. The third-order valence-electron chi connectivity index (χ3n) is 3.24. The number of carbonyl (C=O) groups excluding carboxylic acids is 1. The molecule has 1 aliphatic heterocycles. The van der Waals surface area contributed by atoms with Gasteiger partial charge in [0, 0.05) is 11.8 Å². The minimum atomic E-state index is -0.201. The molecule has 0 spiro atoms. The molecule has 2 unspecified atom stereocenters. The second-order valence-electron chi connectivity index (χ2n) is 5.64. The second-order valence-corrected chi connectivity index (χ2v) is 6.87. The lowest BCUT2D eigenvalue weighted by molar-refractivity contribution is -0.122. The average Bonchev–Trinajstić information content (AvgIpc) is 3.07. The van der Waals surface area contributed by atoms with E-state index in [9.17, 15) is 4.79 Å². The van der Waals surface area contributed by atoms with Crippen molar-refractivity contribution >= 4 is 22.8 Å². The first kappa shape index (κ1) is 13.7. The van der Waals surface area contributed by atoms with Crippen LogP contribution in [0.1, 0.15) is 33.6 Å². The van der Waals surface area contributed by atoms with Gasteiger partial charge in [0.1, 0.15) is 6.04 Å². The molecule has 18 heavy (non-hydrogen) atoms. The van der Waals surface area contributed by atoms with E-state index >= 15 is 0 Å². The number of hydrogen-bond donors (Lipinski definition) is 2. The van der Waals surface area contributed by atoms with Crippen LogP contribution in [0.3, 0.4) is 0 Å². The molecule has 0 aromatic rings. The van der Waals surface area contributed by atoms with Gasteiger partial charge >= 0.3 is 0 Å². The lowest BCUT2D eigenvalue weighted by Crippen LogP contribution is -2.44. The number of amidine groups is 1. The Morgan fingerprint density at radius 2 is 2.17 bits per heavy atom. The van der Waals surface area contributed by atoms with Crippen LogP contribution in [0.2, 0.25) is 0 Å². The fourth-order valence-corrected chi connectivity index (χ4v) is 3.19. The van der Waals surface area contributed by atoms with E-state index in [0.717, 1.165) is 24.2 Å². The standard InChI is InChI=1S/C13H23N3OS/c1-8(2)6-14-12(17)9(3)16-13-15-7-11(18-13)10-4-5-10/h8-11H,4-7H2,1-3H3,(H,14,17)(H,15,16). The van der Waals surface area contributed by atoms with Gasteiger partial charge < -0.3 is 10.6 Å². The molecule has 1 heterocycles. The number of nitrogens with zero attached hydrogens (tertiary/aromatic N) is 1. The van der Waals surface area contributed by atoms with Crippen LogP contribution in [-0.2, 0) is 4.79 Å². The summed E-state index contributed by atoms with van der Waals surface area (Å²) >= 11 is 1.81. The van der Waals surface area contributed by atoms with E-state index in [2.05, 4.69) is 29.5 Å². The van der Waals surface area contributed by atoms with E-state index < -0.39 is 0 Å². The van der Waals surface area contributed by atoms with Crippen LogP contribution in [0, 0.1) is 11.8 Å². The van der Waals surface area contributed by atoms with Crippen LogP contribution in [0.4, 0.5) is 0 Å². The molecule has 1 amide bonds. The Hall–Kier alpha value is -0.710. The largest absolute Gasteiger partial charge is 0.354 e. The van der Waals surface area contributed by atoms with Crippen molar-refractivity contribution in [3.05, 3.63) is 0 Å². The molecule has 0 saturated heterocycles. The number of aliphatic imine (C=N–C) groups is 1. The van der Waals surface area contributed by atoms with Gasteiger partial charge in [-0.3, -0.25) is 9.79 Å². The first-order valence-electron chi connectivity index (χ1n) is 6.81. The first-order valence-corrected chi connectivity index (χ1v) is 7.69. The highest BCUT2D eigenvalue weighted by atomic mass is 32.2. The van der Waals surface area contributed by atoms with Crippen LogP contribution in [0.15, 0.2) is 4.99 Å². The number of rotatable bonds is 5. The molecule has 2 N–H and O–H groups in total. The smallest absolute Gasteiger partial charge is 0.242 e.